The molecule has 1 aliphatic heterocycles. The molecule has 0 N–H and O–H groups in total. The van der Waals surface area contributed by atoms with Crippen LogP contribution in [0.1, 0.15) is 71.4 Å². The molecule has 0 amide bonds. The fourth-order valence-electron chi connectivity index (χ4n) is 5.65. The van der Waals surface area contributed by atoms with Gasteiger partial charge in [-0.05, 0) is 103 Å². The Morgan fingerprint density at radius 2 is 1.74 bits per heavy atom. The first kappa shape index (κ1) is 31.4. The summed E-state index contributed by atoms with van der Waals surface area (Å²) in [6.45, 7) is 5.90. The highest BCUT2D eigenvalue weighted by molar-refractivity contribution is 7.99. The van der Waals surface area contributed by atoms with E-state index in [2.05, 4.69) is 4.90 Å². The van der Waals surface area contributed by atoms with Gasteiger partial charge in [-0.15, -0.1) is 11.8 Å². The number of hydrogen-bond donors (Lipinski definition) is 0. The van der Waals surface area contributed by atoms with Crippen molar-refractivity contribution in [3.05, 3.63) is 93.8 Å². The molecular formula is C35H39ClFNO4S. The van der Waals surface area contributed by atoms with Crippen LogP contribution in [0.3, 0.4) is 0 Å². The minimum absolute atomic E-state index is 0.143. The van der Waals surface area contributed by atoms with Gasteiger partial charge in [-0.1, -0.05) is 49.7 Å². The molecule has 5 nitrogen and oxygen atoms in total. The smallest absolute Gasteiger partial charge is 0.338 e. The monoisotopic (exact) mass is 623 g/mol. The highest BCUT2D eigenvalue weighted by atomic mass is 35.5. The highest BCUT2D eigenvalue weighted by Gasteiger charge is 2.34. The molecule has 0 radical (unpaired) electrons. The molecule has 5 rings (SSSR count). The zero-order valence-corrected chi connectivity index (χ0v) is 26.4. The van der Waals surface area contributed by atoms with Crippen LogP contribution in [0.25, 0.3) is 0 Å². The molecule has 2 atom stereocenters. The maximum atomic E-state index is 15.3. The number of rotatable bonds is 8. The Bertz CT molecular complexity index is 1430. The van der Waals surface area contributed by atoms with Gasteiger partial charge in [0, 0.05) is 18.0 Å². The Morgan fingerprint density at radius 1 is 0.977 bits per heavy atom. The normalized spacial score (nSPS) is 18.6. The maximum Gasteiger partial charge on any atom is 0.338 e. The average Bonchev–Trinajstić information content (AvgIpc) is 3.03. The largest absolute Gasteiger partial charge is 0.462 e. The van der Waals surface area contributed by atoms with Gasteiger partial charge in [-0.3, -0.25) is 0 Å². The summed E-state index contributed by atoms with van der Waals surface area (Å²) in [6.07, 6.45) is 4.41. The lowest BCUT2D eigenvalue weighted by Gasteiger charge is -2.41. The van der Waals surface area contributed by atoms with Gasteiger partial charge in [-0.2, -0.15) is 0 Å². The van der Waals surface area contributed by atoms with Crippen LogP contribution in [-0.2, 0) is 22.4 Å². The number of halogens is 2. The van der Waals surface area contributed by atoms with E-state index in [4.69, 9.17) is 21.1 Å². The lowest BCUT2D eigenvalue weighted by molar-refractivity contribution is 0.0247. The summed E-state index contributed by atoms with van der Waals surface area (Å²) in [4.78, 5) is 29.0. The predicted molar refractivity (Wildman–Crippen MR) is 171 cm³/mol. The molecule has 0 unspecified atom stereocenters. The molecule has 8 heteroatoms. The van der Waals surface area contributed by atoms with E-state index in [1.807, 2.05) is 56.3 Å². The summed E-state index contributed by atoms with van der Waals surface area (Å²) in [7, 11) is 0. The number of thioether (sulfide) groups is 1. The molecule has 1 aliphatic carbocycles. The molecule has 0 bridgehead atoms. The van der Waals surface area contributed by atoms with E-state index in [1.165, 1.54) is 0 Å². The summed E-state index contributed by atoms with van der Waals surface area (Å²) in [5.41, 5.74) is 3.56. The predicted octanol–water partition coefficient (Wildman–Crippen LogP) is 8.61. The van der Waals surface area contributed by atoms with Crippen LogP contribution in [0.5, 0.6) is 0 Å². The molecule has 0 saturated heterocycles. The highest BCUT2D eigenvalue weighted by Crippen LogP contribution is 2.40. The average molecular weight is 624 g/mol. The molecule has 228 valence electrons. The number of carbonyl (C=O) groups excluding carboxylic acids is 2. The summed E-state index contributed by atoms with van der Waals surface area (Å²) in [5, 5.41) is 0.143. The molecule has 3 aromatic rings. The molecule has 3 aromatic carbocycles. The van der Waals surface area contributed by atoms with E-state index in [9.17, 15) is 9.59 Å². The molecular weight excluding hydrogens is 585 g/mol. The van der Waals surface area contributed by atoms with Crippen molar-refractivity contribution in [3.8, 4) is 0 Å². The van der Waals surface area contributed by atoms with E-state index >= 15 is 4.39 Å². The Hall–Kier alpha value is -3.03. The lowest BCUT2D eigenvalue weighted by Crippen LogP contribution is -2.40. The molecule has 1 fully saturated rings. The van der Waals surface area contributed by atoms with Gasteiger partial charge >= 0.3 is 11.9 Å². The zero-order valence-electron chi connectivity index (χ0n) is 24.8. The number of esters is 2. The van der Waals surface area contributed by atoms with Crippen molar-refractivity contribution in [1.29, 1.82) is 0 Å². The summed E-state index contributed by atoms with van der Waals surface area (Å²) in [5.74, 6) is 0.633. The second-order valence-corrected chi connectivity index (χ2v) is 13.5. The number of hydrogen-bond acceptors (Lipinski definition) is 6. The third kappa shape index (κ3) is 7.93. The first-order chi connectivity index (χ1) is 20.8. The van der Waals surface area contributed by atoms with Crippen molar-refractivity contribution < 1.29 is 23.5 Å². The fourth-order valence-corrected chi connectivity index (χ4v) is 6.90. The Labute approximate surface area is 263 Å². The Balaban J connectivity index is 1.43. The minimum atomic E-state index is -0.344. The topological polar surface area (TPSA) is 55.8 Å². The third-order valence-electron chi connectivity index (χ3n) is 8.28. The first-order valence-electron chi connectivity index (χ1n) is 15.2. The molecule has 0 aromatic heterocycles. The molecule has 2 aliphatic rings. The van der Waals surface area contributed by atoms with Gasteiger partial charge in [0.25, 0.3) is 0 Å². The number of ether oxygens (including phenoxy) is 2. The van der Waals surface area contributed by atoms with Crippen LogP contribution in [0.2, 0.25) is 5.02 Å². The van der Waals surface area contributed by atoms with E-state index in [-0.39, 0.29) is 40.5 Å². The quantitative estimate of drug-likeness (QED) is 0.234. The molecule has 1 heterocycles. The minimum Gasteiger partial charge on any atom is -0.462 e. The fraction of sp³-hybridized carbons (Fsp3) is 0.429. The summed E-state index contributed by atoms with van der Waals surface area (Å²) >= 11 is 7.99. The second kappa shape index (κ2) is 14.6. The first-order valence-corrected chi connectivity index (χ1v) is 16.5. The Kier molecular flexibility index (Phi) is 10.7. The van der Waals surface area contributed by atoms with E-state index in [0.717, 1.165) is 47.6 Å². The molecule has 0 spiro atoms. The van der Waals surface area contributed by atoms with Gasteiger partial charge in [0.2, 0.25) is 0 Å². The van der Waals surface area contributed by atoms with E-state index < -0.39 is 0 Å². The zero-order chi connectivity index (χ0) is 30.3. The number of fused-ring (bicyclic) bond motifs is 2. The van der Waals surface area contributed by atoms with Crippen LogP contribution >= 0.6 is 23.4 Å². The standard InChI is InChI=1S/C35H39ClFNO4S/c1-23(2)21-41-35(40)25-14-16-32-31(18-25)38(20-27-13-15-30(36)33(37)29(27)10-6-7-17-43-32)19-26-11-12-28(26)22-42-34(39)24-8-4-3-5-9-24/h3-5,8-9,13-16,18,23,26,28H,6-7,10-12,17,19-22H2,1-2H3/t26-,28-/m0/s1. The number of benzene rings is 3. The van der Waals surface area contributed by atoms with Gasteiger partial charge in [0.15, 0.2) is 0 Å². The van der Waals surface area contributed by atoms with Crippen molar-refractivity contribution >= 4 is 41.0 Å². The third-order valence-corrected chi connectivity index (χ3v) is 9.72. The van der Waals surface area contributed by atoms with E-state index in [0.29, 0.717) is 49.4 Å². The van der Waals surface area contributed by atoms with Crippen molar-refractivity contribution in [2.75, 3.05) is 30.4 Å². The summed E-state index contributed by atoms with van der Waals surface area (Å²) < 4.78 is 26.6. The van der Waals surface area contributed by atoms with Crippen molar-refractivity contribution in [2.24, 2.45) is 17.8 Å². The lowest BCUT2D eigenvalue weighted by atomic mass is 9.73. The van der Waals surface area contributed by atoms with Gasteiger partial charge < -0.3 is 14.4 Å². The van der Waals surface area contributed by atoms with Crippen molar-refractivity contribution in [1.82, 2.24) is 0 Å². The number of carbonyl (C=O) groups is 2. The van der Waals surface area contributed by atoms with Crippen molar-refractivity contribution in [2.45, 2.75) is 57.4 Å². The number of nitrogens with zero attached hydrogens (tertiary/aromatic N) is 1. The second-order valence-electron chi connectivity index (χ2n) is 11.9. The van der Waals surface area contributed by atoms with Crippen LogP contribution < -0.4 is 4.90 Å². The summed E-state index contributed by atoms with van der Waals surface area (Å²) in [6, 6.07) is 18.4. The van der Waals surface area contributed by atoms with Crippen LogP contribution in [0, 0.1) is 23.6 Å². The van der Waals surface area contributed by atoms with Crippen molar-refractivity contribution in [3.63, 3.8) is 0 Å². The SMILES string of the molecule is CC(C)COC(=O)c1ccc2c(c1)N(C[C@@H]1CC[C@H]1COC(=O)c1ccccc1)Cc1ccc(Cl)c(F)c1CCCCS2. The van der Waals surface area contributed by atoms with Gasteiger partial charge in [0.05, 0.1) is 35.1 Å². The Morgan fingerprint density at radius 3 is 2.49 bits per heavy atom. The van der Waals surface area contributed by atoms with Gasteiger partial charge in [-0.25, -0.2) is 14.0 Å². The van der Waals surface area contributed by atoms with Crippen LogP contribution in [-0.4, -0.2) is 37.4 Å². The van der Waals surface area contributed by atoms with E-state index in [1.54, 1.807) is 30.0 Å². The van der Waals surface area contributed by atoms with Gasteiger partial charge in [0.1, 0.15) is 5.82 Å². The van der Waals surface area contributed by atoms with Crippen LogP contribution in [0.15, 0.2) is 65.6 Å². The maximum absolute atomic E-state index is 15.3. The molecule has 1 saturated carbocycles. The van der Waals surface area contributed by atoms with Crippen LogP contribution in [0.4, 0.5) is 10.1 Å². The molecule has 43 heavy (non-hydrogen) atoms. The number of anilines is 1.